The highest BCUT2D eigenvalue weighted by molar-refractivity contribution is 5.94. The third kappa shape index (κ3) is 3.05. The molecule has 17 heavy (non-hydrogen) atoms. The van der Waals surface area contributed by atoms with Crippen LogP contribution in [-0.4, -0.2) is 19.4 Å². The van der Waals surface area contributed by atoms with Crippen molar-refractivity contribution >= 4 is 12.3 Å². The van der Waals surface area contributed by atoms with Crippen LogP contribution in [0, 0.1) is 0 Å². The summed E-state index contributed by atoms with van der Waals surface area (Å²) in [6.07, 6.45) is -4.12. The van der Waals surface area contributed by atoms with Crippen LogP contribution in [0.1, 0.15) is 17.0 Å². The van der Waals surface area contributed by atoms with Crippen LogP contribution >= 0.6 is 0 Å². The lowest BCUT2D eigenvalue weighted by Crippen LogP contribution is -2.15. The largest absolute Gasteiger partial charge is 0.468 e. The molecule has 0 aliphatic carbocycles. The number of hydrogen-bond donors (Lipinski definition) is 0. The van der Waals surface area contributed by atoms with Crippen molar-refractivity contribution in [2.45, 2.75) is 12.1 Å². The van der Waals surface area contributed by atoms with Gasteiger partial charge >= 0.3 is 12.1 Å². The number of ether oxygens (including phenoxy) is 1. The molecule has 1 aromatic rings. The summed E-state index contributed by atoms with van der Waals surface area (Å²) in [5.74, 6) is -2.00. The summed E-state index contributed by atoms with van der Waals surface area (Å²) >= 11 is 0. The Morgan fingerprint density at radius 1 is 1.29 bits per heavy atom. The van der Waals surface area contributed by atoms with Gasteiger partial charge in [0.2, 0.25) is 0 Å². The van der Waals surface area contributed by atoms with Gasteiger partial charge in [0.1, 0.15) is 12.2 Å². The molecule has 0 aromatic heterocycles. The summed E-state index contributed by atoms with van der Waals surface area (Å²) in [5.41, 5.74) is -0.671. The molecular weight excluding hydrogens is 237 g/mol. The third-order valence-electron chi connectivity index (χ3n) is 2.19. The molecule has 0 heterocycles. The number of carbonyl (C=O) groups excluding carboxylic acids is 2. The average Bonchev–Trinajstić information content (AvgIpc) is 2.29. The van der Waals surface area contributed by atoms with E-state index in [1.54, 1.807) is 0 Å². The Balaban J connectivity index is 3.01. The van der Waals surface area contributed by atoms with Crippen molar-refractivity contribution < 1.29 is 27.5 Å². The molecule has 0 aliphatic heterocycles. The molecule has 0 fully saturated rings. The van der Waals surface area contributed by atoms with Crippen LogP contribution in [0.5, 0.6) is 0 Å². The molecule has 1 rings (SSSR count). The van der Waals surface area contributed by atoms with E-state index in [-0.39, 0.29) is 5.56 Å². The van der Waals surface area contributed by atoms with E-state index >= 15 is 0 Å². The second kappa shape index (κ2) is 4.99. The summed E-state index contributed by atoms with van der Waals surface area (Å²) in [5, 5.41) is 0. The van der Waals surface area contributed by atoms with Gasteiger partial charge in [-0.25, -0.2) is 0 Å². The maximum Gasteiger partial charge on any atom is 0.416 e. The molecule has 0 saturated carbocycles. The Morgan fingerprint density at radius 3 is 2.18 bits per heavy atom. The lowest BCUT2D eigenvalue weighted by atomic mass is 9.99. The first kappa shape index (κ1) is 13.2. The standard InChI is InChI=1S/C11H9F3O3/c1-17-10(16)9(6-15)7-2-4-8(5-3-7)11(12,13)14/h2-6,9H,1H3. The lowest BCUT2D eigenvalue weighted by molar-refractivity contribution is -0.143. The average molecular weight is 246 g/mol. The van der Waals surface area contributed by atoms with Gasteiger partial charge in [-0.05, 0) is 17.7 Å². The number of aldehydes is 1. The van der Waals surface area contributed by atoms with Crippen LogP contribution in [0.15, 0.2) is 24.3 Å². The van der Waals surface area contributed by atoms with Gasteiger partial charge in [-0.3, -0.25) is 4.79 Å². The minimum Gasteiger partial charge on any atom is -0.468 e. The van der Waals surface area contributed by atoms with Gasteiger partial charge in [-0.15, -0.1) is 0 Å². The van der Waals surface area contributed by atoms with E-state index in [4.69, 9.17) is 0 Å². The topological polar surface area (TPSA) is 43.4 Å². The van der Waals surface area contributed by atoms with Gasteiger partial charge in [0.15, 0.2) is 0 Å². The predicted octanol–water partition coefficient (Wildman–Crippen LogP) is 2.16. The summed E-state index contributed by atoms with van der Waals surface area (Å²) in [4.78, 5) is 21.8. The van der Waals surface area contributed by atoms with Crippen molar-refractivity contribution in [2.24, 2.45) is 0 Å². The molecule has 0 amide bonds. The molecule has 6 heteroatoms. The van der Waals surface area contributed by atoms with Crippen LogP contribution < -0.4 is 0 Å². The number of rotatable bonds is 3. The molecule has 0 spiro atoms. The molecule has 1 atom stereocenters. The molecule has 92 valence electrons. The van der Waals surface area contributed by atoms with Crippen LogP contribution in [0.2, 0.25) is 0 Å². The van der Waals surface area contributed by atoms with Gasteiger partial charge in [-0.1, -0.05) is 12.1 Å². The molecule has 3 nitrogen and oxygen atoms in total. The van der Waals surface area contributed by atoms with E-state index in [2.05, 4.69) is 4.74 Å². The van der Waals surface area contributed by atoms with Crippen molar-refractivity contribution in [1.82, 2.24) is 0 Å². The highest BCUT2D eigenvalue weighted by Crippen LogP contribution is 2.30. The van der Waals surface area contributed by atoms with Crippen LogP contribution in [0.25, 0.3) is 0 Å². The fourth-order valence-corrected chi connectivity index (χ4v) is 1.28. The van der Waals surface area contributed by atoms with E-state index in [0.717, 1.165) is 31.4 Å². The fraction of sp³-hybridized carbons (Fsp3) is 0.273. The molecule has 0 bridgehead atoms. The minimum atomic E-state index is -4.44. The summed E-state index contributed by atoms with van der Waals surface area (Å²) < 4.78 is 41.2. The Morgan fingerprint density at radius 2 is 1.82 bits per heavy atom. The zero-order valence-electron chi connectivity index (χ0n) is 8.82. The number of benzene rings is 1. The van der Waals surface area contributed by atoms with Crippen molar-refractivity contribution in [1.29, 1.82) is 0 Å². The molecule has 0 saturated heterocycles. The monoisotopic (exact) mass is 246 g/mol. The fourth-order valence-electron chi connectivity index (χ4n) is 1.28. The first-order valence-corrected chi connectivity index (χ1v) is 4.60. The Labute approximate surface area is 95.2 Å². The van der Waals surface area contributed by atoms with E-state index in [1.165, 1.54) is 0 Å². The maximum atomic E-state index is 12.3. The first-order chi connectivity index (χ1) is 7.90. The normalized spacial score (nSPS) is 12.9. The second-order valence-corrected chi connectivity index (χ2v) is 3.26. The molecule has 0 radical (unpaired) electrons. The van der Waals surface area contributed by atoms with Gasteiger partial charge in [0, 0.05) is 0 Å². The van der Waals surface area contributed by atoms with Gasteiger partial charge in [0.05, 0.1) is 12.7 Å². The Kier molecular flexibility index (Phi) is 3.88. The number of hydrogen-bond acceptors (Lipinski definition) is 3. The maximum absolute atomic E-state index is 12.3. The molecular formula is C11H9F3O3. The van der Waals surface area contributed by atoms with Gasteiger partial charge in [-0.2, -0.15) is 13.2 Å². The van der Waals surface area contributed by atoms with E-state index in [0.29, 0.717) is 6.29 Å². The first-order valence-electron chi connectivity index (χ1n) is 4.60. The SMILES string of the molecule is COC(=O)C(C=O)c1ccc(C(F)(F)F)cc1. The molecule has 1 aromatic carbocycles. The van der Waals surface area contributed by atoms with Crippen molar-refractivity contribution in [3.8, 4) is 0 Å². The summed E-state index contributed by atoms with van der Waals surface area (Å²) in [7, 11) is 1.10. The van der Waals surface area contributed by atoms with Crippen molar-refractivity contribution in [3.63, 3.8) is 0 Å². The number of methoxy groups -OCH3 is 1. The predicted molar refractivity (Wildman–Crippen MR) is 52.3 cm³/mol. The summed E-state index contributed by atoms with van der Waals surface area (Å²) in [6, 6.07) is 3.79. The molecule has 0 N–H and O–H groups in total. The molecule has 0 aliphatic rings. The highest BCUT2D eigenvalue weighted by Gasteiger charge is 2.30. The van der Waals surface area contributed by atoms with Gasteiger partial charge in [0.25, 0.3) is 0 Å². The van der Waals surface area contributed by atoms with E-state index < -0.39 is 23.6 Å². The van der Waals surface area contributed by atoms with Crippen molar-refractivity contribution in [2.75, 3.05) is 7.11 Å². The number of carbonyl (C=O) groups is 2. The van der Waals surface area contributed by atoms with Crippen LogP contribution in [0.3, 0.4) is 0 Å². The lowest BCUT2D eigenvalue weighted by Gasteiger charge is -2.10. The van der Waals surface area contributed by atoms with Crippen LogP contribution in [0.4, 0.5) is 13.2 Å². The van der Waals surface area contributed by atoms with E-state index in [1.807, 2.05) is 0 Å². The number of alkyl halides is 3. The van der Waals surface area contributed by atoms with E-state index in [9.17, 15) is 22.8 Å². The quantitative estimate of drug-likeness (QED) is 0.466. The van der Waals surface area contributed by atoms with Crippen molar-refractivity contribution in [3.05, 3.63) is 35.4 Å². The van der Waals surface area contributed by atoms with Crippen LogP contribution in [-0.2, 0) is 20.5 Å². The minimum absolute atomic E-state index is 0.167. The number of esters is 1. The third-order valence-corrected chi connectivity index (χ3v) is 2.19. The summed E-state index contributed by atoms with van der Waals surface area (Å²) in [6.45, 7) is 0. The zero-order valence-corrected chi connectivity index (χ0v) is 8.82. The highest BCUT2D eigenvalue weighted by atomic mass is 19.4. The smallest absolute Gasteiger partial charge is 0.416 e. The van der Waals surface area contributed by atoms with Gasteiger partial charge < -0.3 is 9.53 Å². The Bertz CT molecular complexity index is 409. The molecule has 1 unspecified atom stereocenters. The number of halogens is 3. The Hall–Kier alpha value is -1.85. The zero-order chi connectivity index (χ0) is 13.1. The second-order valence-electron chi connectivity index (χ2n) is 3.26.